The summed E-state index contributed by atoms with van der Waals surface area (Å²) < 4.78 is 0. The van der Waals surface area contributed by atoms with Crippen LogP contribution in [0.4, 0.5) is 0 Å². The Bertz CT molecular complexity index is 158. The summed E-state index contributed by atoms with van der Waals surface area (Å²) in [5, 5.41) is 3.14. The zero-order valence-electron chi connectivity index (χ0n) is 8.29. The lowest BCUT2D eigenvalue weighted by atomic mass is 9.86. The van der Waals surface area contributed by atoms with Crippen molar-refractivity contribution in [2.75, 3.05) is 0 Å². The largest absolute Gasteiger partial charge is 0.151 e. The molecule has 1 saturated carbocycles. The van der Waals surface area contributed by atoms with E-state index < -0.39 is 0 Å². The fourth-order valence-corrected chi connectivity index (χ4v) is 2.62. The van der Waals surface area contributed by atoms with Gasteiger partial charge in [0, 0.05) is 0 Å². The van der Waals surface area contributed by atoms with E-state index in [1.165, 1.54) is 19.3 Å². The first-order valence-electron chi connectivity index (χ1n) is 5.03. The Kier molecular flexibility index (Phi) is 3.24. The predicted molar refractivity (Wildman–Crippen MR) is 50.9 cm³/mol. The van der Waals surface area contributed by atoms with Gasteiger partial charge in [0.05, 0.1) is 6.04 Å². The molecule has 2 nitrogen and oxygen atoms in total. The minimum absolute atomic E-state index is 0.0246. The highest BCUT2D eigenvalue weighted by molar-refractivity contribution is 4.86. The van der Waals surface area contributed by atoms with E-state index in [2.05, 4.69) is 19.0 Å². The van der Waals surface area contributed by atoms with Crippen LogP contribution in [-0.4, -0.2) is 6.04 Å². The maximum Gasteiger partial charge on any atom is 0.0922 e. The van der Waals surface area contributed by atoms with Gasteiger partial charge in [-0.25, -0.2) is 0 Å². The number of nitroso groups, excluding NO2 is 1. The van der Waals surface area contributed by atoms with Crippen molar-refractivity contribution in [1.82, 2.24) is 0 Å². The molecule has 4 unspecified atom stereocenters. The Labute approximate surface area is 74.7 Å². The van der Waals surface area contributed by atoms with Crippen LogP contribution in [0.5, 0.6) is 0 Å². The summed E-state index contributed by atoms with van der Waals surface area (Å²) >= 11 is 0. The van der Waals surface area contributed by atoms with Crippen molar-refractivity contribution in [2.24, 2.45) is 22.9 Å². The number of hydrogen-bond donors (Lipinski definition) is 0. The molecule has 0 aliphatic heterocycles. The van der Waals surface area contributed by atoms with Crippen molar-refractivity contribution in [3.8, 4) is 0 Å². The molecular formula is C10H19NO. The first-order valence-corrected chi connectivity index (χ1v) is 5.03. The summed E-state index contributed by atoms with van der Waals surface area (Å²) in [7, 11) is 0. The smallest absolute Gasteiger partial charge is 0.0922 e. The summed E-state index contributed by atoms with van der Waals surface area (Å²) in [6.45, 7) is 6.46. The molecule has 4 atom stereocenters. The summed E-state index contributed by atoms with van der Waals surface area (Å²) in [5.74, 6) is 2.08. The number of rotatable bonds is 3. The molecule has 70 valence electrons. The molecule has 0 radical (unpaired) electrons. The zero-order chi connectivity index (χ0) is 9.14. The van der Waals surface area contributed by atoms with Crippen molar-refractivity contribution in [1.29, 1.82) is 0 Å². The lowest BCUT2D eigenvalue weighted by molar-refractivity contribution is 0.301. The van der Waals surface area contributed by atoms with Crippen LogP contribution in [0.1, 0.15) is 40.0 Å². The van der Waals surface area contributed by atoms with Gasteiger partial charge in [-0.3, -0.25) is 0 Å². The summed E-state index contributed by atoms with van der Waals surface area (Å²) in [6.07, 6.45) is 3.75. The maximum atomic E-state index is 10.4. The highest BCUT2D eigenvalue weighted by Gasteiger charge is 2.35. The van der Waals surface area contributed by atoms with Crippen LogP contribution in [0.25, 0.3) is 0 Å². The van der Waals surface area contributed by atoms with Gasteiger partial charge in [-0.05, 0) is 37.5 Å². The van der Waals surface area contributed by atoms with Gasteiger partial charge in [0.1, 0.15) is 0 Å². The van der Waals surface area contributed by atoms with Gasteiger partial charge in [-0.1, -0.05) is 25.4 Å². The van der Waals surface area contributed by atoms with Crippen molar-refractivity contribution < 1.29 is 0 Å². The normalized spacial score (nSPS) is 38.1. The van der Waals surface area contributed by atoms with Crippen LogP contribution in [0.15, 0.2) is 5.18 Å². The second-order valence-electron chi connectivity index (χ2n) is 4.11. The quantitative estimate of drug-likeness (QED) is 0.596. The van der Waals surface area contributed by atoms with Crippen molar-refractivity contribution >= 4 is 0 Å². The summed E-state index contributed by atoms with van der Waals surface area (Å²) in [4.78, 5) is 10.4. The van der Waals surface area contributed by atoms with Crippen molar-refractivity contribution in [3.05, 3.63) is 4.91 Å². The summed E-state index contributed by atoms with van der Waals surface area (Å²) in [6, 6.07) is 0.0246. The standard InChI is InChI=1S/C10H19NO/c1-4-9-5-6-10(7(9)2)8(3)11-12/h7-10H,4-6H2,1-3H3. The minimum atomic E-state index is 0.0246. The maximum absolute atomic E-state index is 10.4. The van der Waals surface area contributed by atoms with E-state index >= 15 is 0 Å². The second-order valence-corrected chi connectivity index (χ2v) is 4.11. The molecule has 1 aliphatic rings. The lowest BCUT2D eigenvalue weighted by Gasteiger charge is -2.20. The molecule has 0 aromatic heterocycles. The number of nitrogens with zero attached hydrogens (tertiary/aromatic N) is 1. The molecule has 1 fully saturated rings. The third kappa shape index (κ3) is 1.67. The Morgan fingerprint density at radius 2 is 2.17 bits per heavy atom. The third-order valence-corrected chi connectivity index (χ3v) is 3.60. The molecule has 0 bridgehead atoms. The number of hydrogen-bond acceptors (Lipinski definition) is 2. The zero-order valence-corrected chi connectivity index (χ0v) is 8.29. The van der Waals surface area contributed by atoms with Crippen molar-refractivity contribution in [3.63, 3.8) is 0 Å². The van der Waals surface area contributed by atoms with E-state index in [0.29, 0.717) is 11.8 Å². The van der Waals surface area contributed by atoms with E-state index in [-0.39, 0.29) is 6.04 Å². The van der Waals surface area contributed by atoms with Gasteiger partial charge in [0.25, 0.3) is 0 Å². The summed E-state index contributed by atoms with van der Waals surface area (Å²) in [5.41, 5.74) is 0. The van der Waals surface area contributed by atoms with Gasteiger partial charge in [0.15, 0.2) is 0 Å². The second kappa shape index (κ2) is 4.01. The minimum Gasteiger partial charge on any atom is -0.151 e. The topological polar surface area (TPSA) is 29.4 Å². The third-order valence-electron chi connectivity index (χ3n) is 3.60. The Morgan fingerprint density at radius 3 is 2.58 bits per heavy atom. The molecule has 0 amide bonds. The van der Waals surface area contributed by atoms with Gasteiger partial charge in [-0.2, -0.15) is 4.91 Å². The van der Waals surface area contributed by atoms with Crippen LogP contribution in [0.2, 0.25) is 0 Å². The molecule has 1 aliphatic carbocycles. The fraction of sp³-hybridized carbons (Fsp3) is 1.00. The predicted octanol–water partition coefficient (Wildman–Crippen LogP) is 3.21. The molecule has 0 spiro atoms. The highest BCUT2D eigenvalue weighted by Crippen LogP contribution is 2.40. The molecule has 12 heavy (non-hydrogen) atoms. The Balaban J connectivity index is 2.53. The Hall–Kier alpha value is -0.400. The van der Waals surface area contributed by atoms with Crippen LogP contribution in [0.3, 0.4) is 0 Å². The molecule has 2 heteroatoms. The van der Waals surface area contributed by atoms with Gasteiger partial charge < -0.3 is 0 Å². The average molecular weight is 169 g/mol. The van der Waals surface area contributed by atoms with E-state index in [4.69, 9.17) is 0 Å². The SMILES string of the molecule is CCC1CCC(C(C)N=O)C1C. The van der Waals surface area contributed by atoms with Crippen LogP contribution in [-0.2, 0) is 0 Å². The van der Waals surface area contributed by atoms with E-state index in [1.807, 2.05) is 6.92 Å². The molecule has 1 rings (SSSR count). The fourth-order valence-electron chi connectivity index (χ4n) is 2.62. The van der Waals surface area contributed by atoms with Crippen LogP contribution in [0, 0.1) is 22.7 Å². The first kappa shape index (κ1) is 9.69. The van der Waals surface area contributed by atoms with Gasteiger partial charge >= 0.3 is 0 Å². The monoisotopic (exact) mass is 169 g/mol. The van der Waals surface area contributed by atoms with E-state index in [0.717, 1.165) is 5.92 Å². The van der Waals surface area contributed by atoms with Crippen LogP contribution < -0.4 is 0 Å². The van der Waals surface area contributed by atoms with Crippen molar-refractivity contribution in [2.45, 2.75) is 46.1 Å². The molecule has 0 saturated heterocycles. The highest BCUT2D eigenvalue weighted by atomic mass is 16.3. The molecule has 0 aromatic carbocycles. The lowest BCUT2D eigenvalue weighted by Crippen LogP contribution is -2.20. The molecule has 0 aromatic rings. The van der Waals surface area contributed by atoms with Gasteiger partial charge in [0.2, 0.25) is 0 Å². The Morgan fingerprint density at radius 1 is 1.50 bits per heavy atom. The van der Waals surface area contributed by atoms with E-state index in [1.54, 1.807) is 0 Å². The average Bonchev–Trinajstić information content (AvgIpc) is 2.45. The molecule has 0 N–H and O–H groups in total. The van der Waals surface area contributed by atoms with Crippen LogP contribution >= 0.6 is 0 Å². The molecular weight excluding hydrogens is 150 g/mol. The van der Waals surface area contributed by atoms with Gasteiger partial charge in [-0.15, -0.1) is 0 Å². The molecule has 0 heterocycles. The van der Waals surface area contributed by atoms with E-state index in [9.17, 15) is 4.91 Å². The first-order chi connectivity index (χ1) is 5.70.